The van der Waals surface area contributed by atoms with E-state index in [2.05, 4.69) is 39.5 Å². The lowest BCUT2D eigenvalue weighted by Gasteiger charge is -2.29. The van der Waals surface area contributed by atoms with E-state index < -0.39 is 0 Å². The van der Waals surface area contributed by atoms with Crippen molar-refractivity contribution in [3.63, 3.8) is 0 Å². The van der Waals surface area contributed by atoms with Gasteiger partial charge in [-0.15, -0.1) is 0 Å². The van der Waals surface area contributed by atoms with Gasteiger partial charge in [-0.1, -0.05) is 39.7 Å². The Hall–Kier alpha value is -0.830. The van der Waals surface area contributed by atoms with Crippen molar-refractivity contribution in [1.29, 1.82) is 0 Å². The minimum absolute atomic E-state index is 0.0209. The van der Waals surface area contributed by atoms with Crippen LogP contribution in [0.4, 0.5) is 0 Å². The van der Waals surface area contributed by atoms with Gasteiger partial charge in [0.05, 0.1) is 6.04 Å². The van der Waals surface area contributed by atoms with Gasteiger partial charge in [0.2, 0.25) is 5.91 Å². The van der Waals surface area contributed by atoms with E-state index in [0.717, 1.165) is 4.48 Å². The number of fused-ring (bicyclic) bond motifs is 1. The molecule has 3 heteroatoms. The highest BCUT2D eigenvalue weighted by Crippen LogP contribution is 2.30. The summed E-state index contributed by atoms with van der Waals surface area (Å²) in [6.45, 7) is 2.03. The summed E-state index contributed by atoms with van der Waals surface area (Å²) in [5.41, 5.74) is 1.20. The molecule has 0 fully saturated rings. The van der Waals surface area contributed by atoms with Crippen LogP contribution in [0.2, 0.25) is 0 Å². The average Bonchev–Trinajstić information content (AvgIpc) is 2.02. The molecule has 2 nitrogen and oxygen atoms in total. The zero-order valence-electron chi connectivity index (χ0n) is 7.25. The van der Waals surface area contributed by atoms with E-state index in [9.17, 15) is 4.79 Å². The Morgan fingerprint density at radius 1 is 1.54 bits per heavy atom. The summed E-state index contributed by atoms with van der Waals surface area (Å²) >= 11 is 3.41. The number of nitrogens with one attached hydrogen (secondary N) is 1. The number of carbonyl (C=O) groups is 1. The molecular weight excluding hydrogens is 230 g/mol. The Labute approximate surface area is 85.5 Å². The van der Waals surface area contributed by atoms with Gasteiger partial charge < -0.3 is 5.32 Å². The number of allylic oxidation sites excluding steroid dienone is 2. The predicted molar refractivity (Wildman–Crippen MR) is 55.3 cm³/mol. The molecule has 68 valence electrons. The molecule has 2 unspecified atom stereocenters. The fraction of sp³-hybridized carbons (Fsp3) is 0.300. The maximum absolute atomic E-state index is 11.2. The number of hydrogen-bond acceptors (Lipinski definition) is 1. The van der Waals surface area contributed by atoms with Gasteiger partial charge in [-0.3, -0.25) is 4.79 Å². The van der Waals surface area contributed by atoms with Crippen molar-refractivity contribution >= 4 is 21.8 Å². The number of amides is 1. The fourth-order valence-electron chi connectivity index (χ4n) is 1.64. The molecular formula is C10H10BrNO. The molecule has 2 rings (SSSR count). The van der Waals surface area contributed by atoms with Crippen LogP contribution in [-0.4, -0.2) is 11.9 Å². The first-order chi connectivity index (χ1) is 6.16. The van der Waals surface area contributed by atoms with Gasteiger partial charge in [0.15, 0.2) is 0 Å². The van der Waals surface area contributed by atoms with Crippen molar-refractivity contribution in [3.8, 4) is 0 Å². The summed E-state index contributed by atoms with van der Waals surface area (Å²) in [6.07, 6.45) is 7.87. The first kappa shape index (κ1) is 8.75. The fourth-order valence-corrected chi connectivity index (χ4v) is 2.29. The van der Waals surface area contributed by atoms with E-state index in [0.29, 0.717) is 0 Å². The van der Waals surface area contributed by atoms with E-state index >= 15 is 0 Å². The van der Waals surface area contributed by atoms with Crippen LogP contribution in [0.15, 0.2) is 34.4 Å². The van der Waals surface area contributed by atoms with Gasteiger partial charge in [0, 0.05) is 16.5 Å². The Morgan fingerprint density at radius 3 is 3.08 bits per heavy atom. The molecule has 1 aliphatic heterocycles. The van der Waals surface area contributed by atoms with Crippen molar-refractivity contribution in [3.05, 3.63) is 34.4 Å². The van der Waals surface area contributed by atoms with E-state index in [-0.39, 0.29) is 17.9 Å². The van der Waals surface area contributed by atoms with Crippen molar-refractivity contribution in [2.45, 2.75) is 13.0 Å². The van der Waals surface area contributed by atoms with E-state index in [4.69, 9.17) is 0 Å². The van der Waals surface area contributed by atoms with Crippen LogP contribution in [0.25, 0.3) is 0 Å². The molecule has 1 amide bonds. The minimum Gasteiger partial charge on any atom is -0.345 e. The molecule has 0 aromatic carbocycles. The summed E-state index contributed by atoms with van der Waals surface area (Å²) in [4.78, 5) is 11.2. The highest BCUT2D eigenvalue weighted by Gasteiger charge is 2.27. The molecule has 2 aliphatic rings. The second-order valence-electron chi connectivity index (χ2n) is 3.36. The van der Waals surface area contributed by atoms with E-state index in [1.165, 1.54) is 5.57 Å². The Balaban J connectivity index is 2.34. The Morgan fingerprint density at radius 2 is 2.31 bits per heavy atom. The standard InChI is InChI=1S/C10H10BrNO/c1-6-2-3-7-8(11)5-10(13)12-9(7)4-6/h2-5,7,9H,1H3,(H,12,13). The van der Waals surface area contributed by atoms with Crippen LogP contribution in [0.1, 0.15) is 6.92 Å². The van der Waals surface area contributed by atoms with Crippen molar-refractivity contribution < 1.29 is 4.79 Å². The lowest BCUT2D eigenvalue weighted by atomic mass is 9.89. The zero-order valence-corrected chi connectivity index (χ0v) is 8.84. The lowest BCUT2D eigenvalue weighted by Crippen LogP contribution is -2.42. The quantitative estimate of drug-likeness (QED) is 0.688. The monoisotopic (exact) mass is 239 g/mol. The molecule has 1 heterocycles. The van der Waals surface area contributed by atoms with Crippen LogP contribution >= 0.6 is 15.9 Å². The number of hydrogen-bond donors (Lipinski definition) is 1. The van der Waals surface area contributed by atoms with Gasteiger partial charge in [-0.25, -0.2) is 0 Å². The van der Waals surface area contributed by atoms with E-state index in [1.54, 1.807) is 6.08 Å². The molecule has 0 bridgehead atoms. The average molecular weight is 240 g/mol. The molecule has 0 saturated carbocycles. The van der Waals surface area contributed by atoms with Gasteiger partial charge in [-0.2, -0.15) is 0 Å². The Kier molecular flexibility index (Phi) is 2.12. The molecule has 1 N–H and O–H groups in total. The van der Waals surface area contributed by atoms with Crippen molar-refractivity contribution in [2.24, 2.45) is 5.92 Å². The SMILES string of the molecule is CC1=CC2NC(=O)C=C(Br)C2C=C1. The summed E-state index contributed by atoms with van der Waals surface area (Å²) in [6, 6.07) is 0.122. The third-order valence-electron chi connectivity index (χ3n) is 2.29. The molecule has 0 saturated heterocycles. The second kappa shape index (κ2) is 3.14. The molecule has 1 aliphatic carbocycles. The summed E-state index contributed by atoms with van der Waals surface area (Å²) < 4.78 is 0.959. The van der Waals surface area contributed by atoms with Crippen molar-refractivity contribution in [2.75, 3.05) is 0 Å². The first-order valence-electron chi connectivity index (χ1n) is 4.21. The van der Waals surface area contributed by atoms with Gasteiger partial charge in [0.1, 0.15) is 0 Å². The normalized spacial score (nSPS) is 31.7. The van der Waals surface area contributed by atoms with Gasteiger partial charge in [0.25, 0.3) is 0 Å². The lowest BCUT2D eigenvalue weighted by molar-refractivity contribution is -0.117. The van der Waals surface area contributed by atoms with Crippen LogP contribution in [-0.2, 0) is 4.79 Å². The smallest absolute Gasteiger partial charge is 0.245 e. The summed E-state index contributed by atoms with van der Waals surface area (Å²) in [5, 5.41) is 2.91. The van der Waals surface area contributed by atoms with Crippen LogP contribution in [0.3, 0.4) is 0 Å². The van der Waals surface area contributed by atoms with Gasteiger partial charge in [-0.05, 0) is 6.92 Å². The number of carbonyl (C=O) groups excluding carboxylic acids is 1. The van der Waals surface area contributed by atoms with Crippen LogP contribution < -0.4 is 5.32 Å². The second-order valence-corrected chi connectivity index (χ2v) is 4.27. The highest BCUT2D eigenvalue weighted by atomic mass is 79.9. The first-order valence-corrected chi connectivity index (χ1v) is 5.00. The molecule has 13 heavy (non-hydrogen) atoms. The third-order valence-corrected chi connectivity index (χ3v) is 3.05. The predicted octanol–water partition coefficient (Wildman–Crippen LogP) is 1.90. The maximum atomic E-state index is 11.2. The van der Waals surface area contributed by atoms with Crippen LogP contribution in [0, 0.1) is 5.92 Å². The molecule has 0 aromatic heterocycles. The van der Waals surface area contributed by atoms with E-state index in [1.807, 2.05) is 6.92 Å². The van der Waals surface area contributed by atoms with Gasteiger partial charge >= 0.3 is 0 Å². The molecule has 2 atom stereocenters. The molecule has 0 radical (unpaired) electrons. The van der Waals surface area contributed by atoms with Crippen molar-refractivity contribution in [1.82, 2.24) is 5.32 Å². The molecule has 0 aromatic rings. The maximum Gasteiger partial charge on any atom is 0.245 e. The number of rotatable bonds is 0. The topological polar surface area (TPSA) is 29.1 Å². The third kappa shape index (κ3) is 1.61. The molecule has 0 spiro atoms. The number of halogens is 1. The highest BCUT2D eigenvalue weighted by molar-refractivity contribution is 9.11. The largest absolute Gasteiger partial charge is 0.345 e. The van der Waals surface area contributed by atoms with Crippen LogP contribution in [0.5, 0.6) is 0 Å². The summed E-state index contributed by atoms with van der Waals surface area (Å²) in [5.74, 6) is 0.258. The zero-order chi connectivity index (χ0) is 9.42. The Bertz CT molecular complexity index is 341. The summed E-state index contributed by atoms with van der Waals surface area (Å²) in [7, 11) is 0. The minimum atomic E-state index is -0.0209.